The summed E-state index contributed by atoms with van der Waals surface area (Å²) in [7, 11) is 0. The van der Waals surface area contributed by atoms with Crippen LogP contribution in [0.15, 0.2) is 212 Å². The summed E-state index contributed by atoms with van der Waals surface area (Å²) in [5.41, 5.74) is 14.2. The molecule has 1 saturated carbocycles. The van der Waals surface area contributed by atoms with Crippen LogP contribution in [0.1, 0.15) is 45.6 Å². The van der Waals surface area contributed by atoms with E-state index in [0.29, 0.717) is 5.92 Å². The molecule has 1 heterocycles. The Bertz CT molecular complexity index is 3900. The monoisotopic (exact) mass is 869 g/mol. The molecule has 1 fully saturated rings. The summed E-state index contributed by atoms with van der Waals surface area (Å²) in [5.74, 6) is 0.659. The molecule has 3 atom stereocenters. The van der Waals surface area contributed by atoms with E-state index in [1.54, 1.807) is 0 Å². The largest absolute Gasteiger partial charge is 0.334 e. The molecular weight excluding hydrogens is 819 g/mol. The summed E-state index contributed by atoms with van der Waals surface area (Å²) in [6.07, 6.45) is 3.56. The number of nitrogens with zero attached hydrogens (tertiary/aromatic N) is 1. The first-order valence-corrected chi connectivity index (χ1v) is 24.6. The smallest absolute Gasteiger partial charge is 0.0520 e. The predicted octanol–water partition coefficient (Wildman–Crippen LogP) is 18.7. The van der Waals surface area contributed by atoms with E-state index in [0.717, 1.165) is 12.8 Å². The zero-order valence-electron chi connectivity index (χ0n) is 38.9. The van der Waals surface area contributed by atoms with E-state index in [-0.39, 0.29) is 11.0 Å². The maximum absolute atomic E-state index is 2.71. The molecule has 0 radical (unpaired) electrons. The molecule has 0 aromatic heterocycles. The fourth-order valence-electron chi connectivity index (χ4n) is 13.5. The Morgan fingerprint density at radius 1 is 0.397 bits per heavy atom. The van der Waals surface area contributed by atoms with Gasteiger partial charge in [0.2, 0.25) is 0 Å². The minimum Gasteiger partial charge on any atom is -0.334 e. The van der Waals surface area contributed by atoms with Crippen molar-refractivity contribution in [1.82, 2.24) is 0 Å². The van der Waals surface area contributed by atoms with Crippen LogP contribution >= 0.6 is 0 Å². The molecule has 0 spiro atoms. The number of anilines is 2. The molecule has 1 aliphatic heterocycles. The Morgan fingerprint density at radius 3 is 1.35 bits per heavy atom. The van der Waals surface area contributed by atoms with Gasteiger partial charge in [-0.3, -0.25) is 0 Å². The van der Waals surface area contributed by atoms with Crippen LogP contribution in [0.25, 0.3) is 109 Å². The first-order valence-electron chi connectivity index (χ1n) is 24.6. The average molecular weight is 870 g/mol. The van der Waals surface area contributed by atoms with Gasteiger partial charge in [0.15, 0.2) is 0 Å². The van der Waals surface area contributed by atoms with Gasteiger partial charge in [-0.25, -0.2) is 0 Å². The second-order valence-electron chi connectivity index (χ2n) is 20.5. The van der Waals surface area contributed by atoms with E-state index in [9.17, 15) is 0 Å². The van der Waals surface area contributed by atoms with Crippen molar-refractivity contribution in [1.29, 1.82) is 0 Å². The third-order valence-corrected chi connectivity index (χ3v) is 16.9. The number of hydrogen-bond acceptors (Lipinski definition) is 1. The van der Waals surface area contributed by atoms with Gasteiger partial charge in [0.1, 0.15) is 0 Å². The van der Waals surface area contributed by atoms with Crippen LogP contribution in [0.2, 0.25) is 0 Å². The molecule has 3 unspecified atom stereocenters. The van der Waals surface area contributed by atoms with Crippen LogP contribution in [-0.4, -0.2) is 5.54 Å². The lowest BCUT2D eigenvalue weighted by molar-refractivity contribution is 0.154. The van der Waals surface area contributed by atoms with Crippen molar-refractivity contribution in [2.75, 3.05) is 4.90 Å². The topological polar surface area (TPSA) is 3.24 Å². The molecule has 0 N–H and O–H groups in total. The number of rotatable bonds is 5. The second kappa shape index (κ2) is 14.6. The van der Waals surface area contributed by atoms with Crippen molar-refractivity contribution in [2.45, 2.75) is 51.0 Å². The Morgan fingerprint density at radius 2 is 0.838 bits per heavy atom. The summed E-state index contributed by atoms with van der Waals surface area (Å²) < 4.78 is 0. The highest BCUT2D eigenvalue weighted by atomic mass is 15.3. The lowest BCUT2D eigenvalue weighted by atomic mass is 9.59. The molecule has 12 aromatic rings. The fraction of sp³-hybridized carbons (Fsp3) is 0.134. The lowest BCUT2D eigenvalue weighted by Gasteiger charge is -2.52. The molecule has 1 nitrogen and oxygen atoms in total. The van der Waals surface area contributed by atoms with Crippen LogP contribution in [0.3, 0.4) is 0 Å². The van der Waals surface area contributed by atoms with E-state index in [1.165, 1.54) is 133 Å². The third kappa shape index (κ3) is 5.51. The van der Waals surface area contributed by atoms with Crippen LogP contribution in [0, 0.1) is 5.92 Å². The van der Waals surface area contributed by atoms with E-state index >= 15 is 0 Å². The van der Waals surface area contributed by atoms with Crippen molar-refractivity contribution >= 4 is 76.0 Å². The zero-order valence-corrected chi connectivity index (χ0v) is 38.9. The van der Waals surface area contributed by atoms with Gasteiger partial charge in [-0.2, -0.15) is 0 Å². The number of benzene rings is 12. The molecule has 324 valence electrons. The Hall–Kier alpha value is -7.74. The first-order chi connectivity index (χ1) is 33.4. The number of hydrogen-bond donors (Lipinski definition) is 0. The van der Waals surface area contributed by atoms with Gasteiger partial charge >= 0.3 is 0 Å². The molecule has 1 aliphatic carbocycles. The third-order valence-electron chi connectivity index (χ3n) is 16.9. The van der Waals surface area contributed by atoms with Crippen LogP contribution < -0.4 is 4.90 Å². The van der Waals surface area contributed by atoms with Gasteiger partial charge in [0.05, 0.1) is 5.54 Å². The Kier molecular flexibility index (Phi) is 8.48. The summed E-state index contributed by atoms with van der Waals surface area (Å²) in [6.45, 7) is 7.57. The second-order valence-corrected chi connectivity index (χ2v) is 20.5. The van der Waals surface area contributed by atoms with Gasteiger partial charge in [0, 0.05) is 16.8 Å². The standard InChI is InChI=1S/C67H51N/c1-42-36-37-66(2)62-38-46(30-35-63(62)68(67(66,3)41-42)47-22-5-4-6-23-47)58-39-59(51-27-13-19-43-16-7-10-24-48(43)51)55-33-34-57-61(53-29-15-21-45-18-9-12-26-50(45)53)40-60(56-32-31-54(58)64(55)65(56)57)52-28-14-20-44-17-8-11-25-49(44)52/h4-35,38-40,42H,36-37,41H2,1-3H3. The van der Waals surface area contributed by atoms with Gasteiger partial charge in [-0.1, -0.05) is 190 Å². The quantitative estimate of drug-likeness (QED) is 0.156. The Balaban J connectivity index is 1.12. The molecule has 0 saturated heterocycles. The first kappa shape index (κ1) is 39.4. The number of fused-ring (bicyclic) bond motifs is 6. The Labute approximate surface area is 398 Å². The molecule has 0 amide bonds. The summed E-state index contributed by atoms with van der Waals surface area (Å²) in [4.78, 5) is 2.71. The minimum atomic E-state index is -0.0558. The molecule has 68 heavy (non-hydrogen) atoms. The van der Waals surface area contributed by atoms with Gasteiger partial charge in [0.25, 0.3) is 0 Å². The highest BCUT2D eigenvalue weighted by molar-refractivity contribution is 6.33. The SMILES string of the molecule is CC1CCC2(C)c3cc(-c4cc(-c5cccc6ccccc56)c5ccc6c(-c7cccc8ccccc78)cc(-c7cccc8ccccc78)c7ccc4c5c76)ccc3N(c3ccccc3)C2(C)C1. The van der Waals surface area contributed by atoms with Gasteiger partial charge in [-0.15, -0.1) is 0 Å². The molecule has 12 aromatic carbocycles. The fourth-order valence-corrected chi connectivity index (χ4v) is 13.5. The normalized spacial score (nSPS) is 19.2. The highest BCUT2D eigenvalue weighted by Gasteiger charge is 2.58. The van der Waals surface area contributed by atoms with Crippen LogP contribution in [0.5, 0.6) is 0 Å². The summed E-state index contributed by atoms with van der Waals surface area (Å²) >= 11 is 0. The summed E-state index contributed by atoms with van der Waals surface area (Å²) in [5, 5.41) is 15.4. The summed E-state index contributed by atoms with van der Waals surface area (Å²) in [6, 6.07) is 80.6. The van der Waals surface area contributed by atoms with E-state index < -0.39 is 0 Å². The average Bonchev–Trinajstić information content (AvgIpc) is 3.59. The molecule has 14 rings (SSSR count). The van der Waals surface area contributed by atoms with Crippen LogP contribution in [-0.2, 0) is 5.41 Å². The highest BCUT2D eigenvalue weighted by Crippen LogP contribution is 2.62. The van der Waals surface area contributed by atoms with Gasteiger partial charge in [-0.05, 0) is 183 Å². The van der Waals surface area contributed by atoms with Crippen molar-refractivity contribution < 1.29 is 0 Å². The molecule has 2 aliphatic rings. The van der Waals surface area contributed by atoms with Gasteiger partial charge < -0.3 is 4.90 Å². The van der Waals surface area contributed by atoms with Crippen molar-refractivity contribution in [2.24, 2.45) is 5.92 Å². The van der Waals surface area contributed by atoms with E-state index in [1.807, 2.05) is 0 Å². The van der Waals surface area contributed by atoms with Crippen molar-refractivity contribution in [3.8, 4) is 44.5 Å². The molecule has 1 heteroatoms. The maximum atomic E-state index is 2.71. The van der Waals surface area contributed by atoms with Crippen LogP contribution in [0.4, 0.5) is 11.4 Å². The lowest BCUT2D eigenvalue weighted by Crippen LogP contribution is -2.56. The predicted molar refractivity (Wildman–Crippen MR) is 292 cm³/mol. The van der Waals surface area contributed by atoms with E-state index in [4.69, 9.17) is 0 Å². The van der Waals surface area contributed by atoms with E-state index in [2.05, 4.69) is 238 Å². The molecular formula is C67H51N. The zero-order chi connectivity index (χ0) is 45.3. The number of para-hydroxylation sites is 1. The molecule has 0 bridgehead atoms. The van der Waals surface area contributed by atoms with Crippen molar-refractivity contribution in [3.05, 3.63) is 218 Å². The minimum absolute atomic E-state index is 0.0241. The maximum Gasteiger partial charge on any atom is 0.0520 e. The van der Waals surface area contributed by atoms with Crippen molar-refractivity contribution in [3.63, 3.8) is 0 Å².